The number of alkyl halides is 2. The first-order valence-electron chi connectivity index (χ1n) is 6.14. The van der Waals surface area contributed by atoms with E-state index in [0.717, 1.165) is 15.1 Å². The molecule has 102 valence electrons. The van der Waals surface area contributed by atoms with Gasteiger partial charge in [-0.3, -0.25) is 0 Å². The minimum Gasteiger partial charge on any atom is -0.162 e. The van der Waals surface area contributed by atoms with E-state index in [-0.39, 0.29) is 5.41 Å². The van der Waals surface area contributed by atoms with E-state index in [4.69, 9.17) is 0 Å². The number of rotatable bonds is 8. The molecular weight excluding hydrogens is 440 g/mol. The third-order valence-corrected chi connectivity index (χ3v) is 6.78. The van der Waals surface area contributed by atoms with E-state index in [1.807, 2.05) is 11.8 Å². The molecule has 0 aromatic heterocycles. The molecule has 0 unspecified atom stereocenters. The van der Waals surface area contributed by atoms with Crippen molar-refractivity contribution in [3.05, 3.63) is 34.3 Å². The van der Waals surface area contributed by atoms with Gasteiger partial charge >= 0.3 is 0 Å². The Kier molecular flexibility index (Phi) is 8.57. The zero-order chi connectivity index (χ0) is 13.4. The lowest BCUT2D eigenvalue weighted by Crippen LogP contribution is -2.30. The standard InChI is InChI=1S/C14H19Br3S/c1-2-18-9-3-8-14(10-15,11-16)12-4-6-13(17)7-5-12/h4-7H,2-3,8-11H2,1H3. The topological polar surface area (TPSA) is 0 Å². The lowest BCUT2D eigenvalue weighted by Gasteiger charge is -2.31. The lowest BCUT2D eigenvalue weighted by molar-refractivity contribution is 0.499. The van der Waals surface area contributed by atoms with Crippen LogP contribution in [-0.4, -0.2) is 22.2 Å². The summed E-state index contributed by atoms with van der Waals surface area (Å²) in [6, 6.07) is 8.74. The Bertz CT molecular complexity index is 333. The number of hydrogen-bond donors (Lipinski definition) is 0. The molecule has 0 saturated heterocycles. The Balaban J connectivity index is 2.75. The maximum absolute atomic E-state index is 3.71. The Morgan fingerprint density at radius 2 is 1.72 bits per heavy atom. The van der Waals surface area contributed by atoms with Gasteiger partial charge in [0.05, 0.1) is 0 Å². The molecule has 0 aliphatic heterocycles. The second kappa shape index (κ2) is 9.04. The maximum atomic E-state index is 3.71. The van der Waals surface area contributed by atoms with Gasteiger partial charge in [-0.25, -0.2) is 0 Å². The molecule has 0 aliphatic rings. The maximum Gasteiger partial charge on any atom is 0.0175 e. The van der Waals surface area contributed by atoms with Crippen molar-refractivity contribution in [2.24, 2.45) is 0 Å². The Labute approximate surface area is 140 Å². The zero-order valence-corrected chi connectivity index (χ0v) is 16.2. The first-order chi connectivity index (χ1) is 8.68. The highest BCUT2D eigenvalue weighted by molar-refractivity contribution is 9.10. The van der Waals surface area contributed by atoms with E-state index in [9.17, 15) is 0 Å². The number of benzene rings is 1. The molecule has 0 fully saturated rings. The normalized spacial score (nSPS) is 11.8. The average Bonchev–Trinajstić information content (AvgIpc) is 2.41. The van der Waals surface area contributed by atoms with Gasteiger partial charge < -0.3 is 0 Å². The van der Waals surface area contributed by atoms with Gasteiger partial charge in [0.2, 0.25) is 0 Å². The summed E-state index contributed by atoms with van der Waals surface area (Å²) in [5.74, 6) is 2.47. The molecule has 0 heterocycles. The van der Waals surface area contributed by atoms with Crippen LogP contribution in [0.4, 0.5) is 0 Å². The molecule has 1 rings (SSSR count). The molecule has 0 amide bonds. The molecule has 18 heavy (non-hydrogen) atoms. The lowest BCUT2D eigenvalue weighted by atomic mass is 9.80. The van der Waals surface area contributed by atoms with Crippen molar-refractivity contribution in [1.29, 1.82) is 0 Å². The highest BCUT2D eigenvalue weighted by Crippen LogP contribution is 2.34. The molecule has 0 nitrogen and oxygen atoms in total. The fourth-order valence-corrected chi connectivity index (χ4v) is 4.97. The quantitative estimate of drug-likeness (QED) is 0.339. The van der Waals surface area contributed by atoms with Crippen LogP contribution in [-0.2, 0) is 5.41 Å². The second-order valence-corrected chi connectivity index (χ2v) is 7.79. The van der Waals surface area contributed by atoms with E-state index in [1.165, 1.54) is 29.9 Å². The summed E-state index contributed by atoms with van der Waals surface area (Å²) in [6.45, 7) is 2.22. The second-order valence-electron chi connectivity index (χ2n) is 4.35. The van der Waals surface area contributed by atoms with Crippen molar-refractivity contribution in [2.45, 2.75) is 25.2 Å². The Morgan fingerprint density at radius 1 is 1.11 bits per heavy atom. The fraction of sp³-hybridized carbons (Fsp3) is 0.571. The van der Waals surface area contributed by atoms with Crippen LogP contribution < -0.4 is 0 Å². The van der Waals surface area contributed by atoms with Crippen molar-refractivity contribution in [3.63, 3.8) is 0 Å². The van der Waals surface area contributed by atoms with Crippen LogP contribution in [0.25, 0.3) is 0 Å². The summed E-state index contributed by atoms with van der Waals surface area (Å²) in [4.78, 5) is 0. The highest BCUT2D eigenvalue weighted by atomic mass is 79.9. The summed E-state index contributed by atoms with van der Waals surface area (Å²) in [6.07, 6.45) is 2.49. The minimum atomic E-state index is 0.217. The molecule has 0 bridgehead atoms. The van der Waals surface area contributed by atoms with Crippen LogP contribution in [0.5, 0.6) is 0 Å². The van der Waals surface area contributed by atoms with Gasteiger partial charge in [0.25, 0.3) is 0 Å². The predicted molar refractivity (Wildman–Crippen MR) is 95.6 cm³/mol. The van der Waals surface area contributed by atoms with Gasteiger partial charge in [0, 0.05) is 20.5 Å². The van der Waals surface area contributed by atoms with Crippen LogP contribution >= 0.6 is 59.6 Å². The van der Waals surface area contributed by atoms with E-state index < -0.39 is 0 Å². The molecule has 0 saturated carbocycles. The molecule has 0 atom stereocenters. The Hall–Kier alpha value is 1.01. The molecule has 1 aromatic rings. The van der Waals surface area contributed by atoms with Gasteiger partial charge in [-0.15, -0.1) is 0 Å². The Morgan fingerprint density at radius 3 is 2.22 bits per heavy atom. The third-order valence-electron chi connectivity index (χ3n) is 3.12. The number of hydrogen-bond acceptors (Lipinski definition) is 1. The summed E-state index contributed by atoms with van der Waals surface area (Å²) >= 11 is 12.9. The molecule has 1 aromatic carbocycles. The third kappa shape index (κ3) is 4.84. The SMILES string of the molecule is CCSCCCC(CBr)(CBr)c1ccc(Br)cc1. The number of halogens is 3. The molecule has 0 aliphatic carbocycles. The summed E-state index contributed by atoms with van der Waals surface area (Å²) in [7, 11) is 0. The van der Waals surface area contributed by atoms with Crippen molar-refractivity contribution in [2.75, 3.05) is 22.2 Å². The average molecular weight is 459 g/mol. The van der Waals surface area contributed by atoms with Gasteiger partial charge in [-0.05, 0) is 42.0 Å². The molecular formula is C14H19Br3S. The summed E-state index contributed by atoms with van der Waals surface area (Å²) in [5, 5.41) is 2.01. The van der Waals surface area contributed by atoms with Gasteiger partial charge in [-0.1, -0.05) is 66.8 Å². The molecule has 0 radical (unpaired) electrons. The largest absolute Gasteiger partial charge is 0.162 e. The van der Waals surface area contributed by atoms with Crippen molar-refractivity contribution < 1.29 is 0 Å². The van der Waals surface area contributed by atoms with Crippen LogP contribution in [0.2, 0.25) is 0 Å². The molecule has 0 spiro atoms. The van der Waals surface area contributed by atoms with Crippen LogP contribution in [0.3, 0.4) is 0 Å². The molecule has 0 N–H and O–H groups in total. The monoisotopic (exact) mass is 456 g/mol. The number of thioether (sulfide) groups is 1. The van der Waals surface area contributed by atoms with Crippen molar-refractivity contribution in [1.82, 2.24) is 0 Å². The van der Waals surface area contributed by atoms with Crippen LogP contribution in [0, 0.1) is 0 Å². The first-order valence-corrected chi connectivity index (χ1v) is 10.3. The van der Waals surface area contributed by atoms with Gasteiger partial charge in [-0.2, -0.15) is 11.8 Å². The summed E-state index contributed by atoms with van der Waals surface area (Å²) < 4.78 is 1.14. The molecule has 4 heteroatoms. The van der Waals surface area contributed by atoms with Gasteiger partial charge in [0.1, 0.15) is 0 Å². The van der Waals surface area contributed by atoms with Crippen molar-refractivity contribution in [3.8, 4) is 0 Å². The van der Waals surface area contributed by atoms with Gasteiger partial charge in [0.15, 0.2) is 0 Å². The zero-order valence-electron chi connectivity index (χ0n) is 10.6. The van der Waals surface area contributed by atoms with Crippen LogP contribution in [0.1, 0.15) is 25.3 Å². The minimum absolute atomic E-state index is 0.217. The highest BCUT2D eigenvalue weighted by Gasteiger charge is 2.29. The smallest absolute Gasteiger partial charge is 0.0175 e. The predicted octanol–water partition coefficient (Wildman–Crippen LogP) is 6.01. The van der Waals surface area contributed by atoms with E-state index in [0.29, 0.717) is 0 Å². The van der Waals surface area contributed by atoms with Crippen molar-refractivity contribution >= 4 is 59.6 Å². The van der Waals surface area contributed by atoms with E-state index >= 15 is 0 Å². The fourth-order valence-electron chi connectivity index (χ4n) is 1.93. The van der Waals surface area contributed by atoms with E-state index in [2.05, 4.69) is 79.0 Å². The van der Waals surface area contributed by atoms with Crippen LogP contribution in [0.15, 0.2) is 28.7 Å². The summed E-state index contributed by atoms with van der Waals surface area (Å²) in [5.41, 5.74) is 1.63. The first kappa shape index (κ1) is 17.1. The van der Waals surface area contributed by atoms with E-state index in [1.54, 1.807) is 0 Å².